The van der Waals surface area contributed by atoms with E-state index in [1.165, 1.54) is 36.3 Å². The highest BCUT2D eigenvalue weighted by atomic mass is 16.4. The lowest BCUT2D eigenvalue weighted by molar-refractivity contribution is -0.787. The van der Waals surface area contributed by atoms with Crippen LogP contribution in [-0.4, -0.2) is 12.5 Å². The molecule has 0 aromatic heterocycles. The molecule has 3 heteroatoms. The van der Waals surface area contributed by atoms with E-state index in [4.69, 9.17) is 9.90 Å². The van der Waals surface area contributed by atoms with E-state index >= 15 is 0 Å². The number of rotatable bonds is 4. The van der Waals surface area contributed by atoms with Gasteiger partial charge in [-0.05, 0) is 19.8 Å². The Labute approximate surface area is 92.1 Å². The summed E-state index contributed by atoms with van der Waals surface area (Å²) in [5.41, 5.74) is 1.51. The first-order valence-corrected chi connectivity index (χ1v) is 5.52. The maximum absolute atomic E-state index is 8.89. The van der Waals surface area contributed by atoms with Crippen LogP contribution < -0.4 is 10.0 Å². The summed E-state index contributed by atoms with van der Waals surface area (Å²) in [5.74, 6) is -1.08. The summed E-state index contributed by atoms with van der Waals surface area (Å²) in [6.45, 7) is 6.67. The van der Waals surface area contributed by atoms with Crippen LogP contribution in [0.1, 0.15) is 40.0 Å². The second-order valence-corrected chi connectivity index (χ2v) is 3.62. The van der Waals surface area contributed by atoms with Gasteiger partial charge in [-0.1, -0.05) is 20.3 Å². The van der Waals surface area contributed by atoms with Crippen LogP contribution in [0, 0.1) is 0 Å². The lowest BCUT2D eigenvalue weighted by Crippen LogP contribution is -3.01. The molecular weight excluding hydrogens is 190 g/mol. The highest BCUT2D eigenvalue weighted by molar-refractivity contribution is 5.60. The molecule has 15 heavy (non-hydrogen) atoms. The molecule has 0 saturated heterocycles. The average Bonchev–Trinajstić information content (AvgIpc) is 2.53. The summed E-state index contributed by atoms with van der Waals surface area (Å²) in [5, 5.41) is 8.89. The van der Waals surface area contributed by atoms with Crippen molar-refractivity contribution in [3.8, 4) is 0 Å². The lowest BCUT2D eigenvalue weighted by atomic mass is 10.2. The number of hydrogen-bond acceptors (Lipinski definition) is 2. The van der Waals surface area contributed by atoms with Crippen molar-refractivity contribution in [3.05, 3.63) is 24.0 Å². The molecule has 0 aromatic carbocycles. The van der Waals surface area contributed by atoms with Crippen molar-refractivity contribution in [1.82, 2.24) is 0 Å². The summed E-state index contributed by atoms with van der Waals surface area (Å²) in [6, 6.07) is 0. The molecule has 0 spiro atoms. The van der Waals surface area contributed by atoms with E-state index in [9.17, 15) is 0 Å². The Kier molecular flexibility index (Phi) is 7.64. The molecule has 1 rings (SSSR count). The number of allylic oxidation sites excluding steroid dienone is 2. The first-order chi connectivity index (χ1) is 7.10. The van der Waals surface area contributed by atoms with Crippen LogP contribution in [0.3, 0.4) is 0 Å². The molecule has 0 fully saturated rings. The van der Waals surface area contributed by atoms with Gasteiger partial charge in [0.2, 0.25) is 0 Å². The van der Waals surface area contributed by atoms with Crippen molar-refractivity contribution in [2.45, 2.75) is 40.0 Å². The number of carbonyl (C=O) groups is 1. The Morgan fingerprint density at radius 2 is 2.00 bits per heavy atom. The van der Waals surface area contributed by atoms with E-state index in [2.05, 4.69) is 32.3 Å². The molecule has 1 aliphatic rings. The van der Waals surface area contributed by atoms with Gasteiger partial charge in [-0.25, -0.2) is 0 Å². The third-order valence-electron chi connectivity index (χ3n) is 1.96. The molecule has 1 unspecified atom stereocenters. The van der Waals surface area contributed by atoms with E-state index in [0.717, 1.165) is 6.92 Å². The number of carbonyl (C=O) groups excluding carboxylic acids is 1. The predicted octanol–water partition coefficient (Wildman–Crippen LogP) is 0.249. The van der Waals surface area contributed by atoms with Crippen molar-refractivity contribution in [2.75, 3.05) is 6.54 Å². The molecule has 0 aromatic rings. The summed E-state index contributed by atoms with van der Waals surface area (Å²) in [6.07, 6.45) is 10.6. The summed E-state index contributed by atoms with van der Waals surface area (Å²) < 4.78 is 0. The van der Waals surface area contributed by atoms with Crippen molar-refractivity contribution in [1.29, 1.82) is 0 Å². The molecule has 3 nitrogen and oxygen atoms in total. The summed E-state index contributed by atoms with van der Waals surface area (Å²) >= 11 is 0. The van der Waals surface area contributed by atoms with Crippen LogP contribution in [0.4, 0.5) is 0 Å². The monoisotopic (exact) mass is 211 g/mol. The molecule has 0 bridgehead atoms. The number of carboxylic acids is 1. The van der Waals surface area contributed by atoms with E-state index in [1.807, 2.05) is 0 Å². The van der Waals surface area contributed by atoms with Crippen LogP contribution in [0.2, 0.25) is 0 Å². The van der Waals surface area contributed by atoms with Gasteiger partial charge in [0.1, 0.15) is 6.20 Å². The normalized spacial score (nSPS) is 18.1. The zero-order valence-electron chi connectivity index (χ0n) is 9.88. The smallest absolute Gasteiger partial charge is 0.102 e. The Bertz CT molecular complexity index is 240. The van der Waals surface area contributed by atoms with Crippen LogP contribution >= 0.6 is 0 Å². The van der Waals surface area contributed by atoms with Gasteiger partial charge in [0, 0.05) is 17.6 Å². The molecule has 1 atom stereocenters. The molecule has 0 radical (unpaired) electrons. The van der Waals surface area contributed by atoms with Gasteiger partial charge in [0.15, 0.2) is 0 Å². The van der Waals surface area contributed by atoms with Gasteiger partial charge in [-0.15, -0.1) is 0 Å². The van der Waals surface area contributed by atoms with Crippen molar-refractivity contribution in [2.24, 2.45) is 0 Å². The molecule has 0 saturated carbocycles. The van der Waals surface area contributed by atoms with E-state index in [-0.39, 0.29) is 0 Å². The van der Waals surface area contributed by atoms with Gasteiger partial charge >= 0.3 is 0 Å². The maximum atomic E-state index is 8.89. The fourth-order valence-electron chi connectivity index (χ4n) is 1.44. The van der Waals surface area contributed by atoms with Crippen LogP contribution in [0.25, 0.3) is 0 Å². The zero-order valence-corrected chi connectivity index (χ0v) is 9.88. The Balaban J connectivity index is 0.000000423. The Hall–Kier alpha value is -1.09. The van der Waals surface area contributed by atoms with Crippen LogP contribution in [-0.2, 0) is 4.79 Å². The SMILES string of the molecule is CC(=O)[O-].CCCC1=C[NH+](CCC)C=C1. The lowest BCUT2D eigenvalue weighted by Gasteiger charge is -2.02. The van der Waals surface area contributed by atoms with E-state index in [1.54, 1.807) is 0 Å². The number of carboxylic acid groups (broad SMARTS) is 1. The van der Waals surface area contributed by atoms with Gasteiger partial charge in [0.05, 0.1) is 12.7 Å². The molecule has 1 aliphatic heterocycles. The van der Waals surface area contributed by atoms with Crippen molar-refractivity contribution in [3.63, 3.8) is 0 Å². The first-order valence-electron chi connectivity index (χ1n) is 5.52. The average molecular weight is 211 g/mol. The minimum absolute atomic E-state index is 0.972. The highest BCUT2D eigenvalue weighted by Crippen LogP contribution is 2.05. The van der Waals surface area contributed by atoms with Gasteiger partial charge < -0.3 is 9.90 Å². The van der Waals surface area contributed by atoms with Crippen molar-refractivity contribution >= 4 is 5.97 Å². The summed E-state index contributed by atoms with van der Waals surface area (Å²) in [7, 11) is 0. The molecule has 0 amide bonds. The fraction of sp³-hybridized carbons (Fsp3) is 0.583. The largest absolute Gasteiger partial charge is 0.550 e. The quantitative estimate of drug-likeness (QED) is 0.724. The number of hydrogen-bond donors (Lipinski definition) is 1. The van der Waals surface area contributed by atoms with E-state index in [0.29, 0.717) is 0 Å². The predicted molar refractivity (Wildman–Crippen MR) is 58.9 cm³/mol. The third kappa shape index (κ3) is 7.94. The maximum Gasteiger partial charge on any atom is 0.102 e. The Morgan fingerprint density at radius 1 is 1.40 bits per heavy atom. The Morgan fingerprint density at radius 3 is 2.47 bits per heavy atom. The van der Waals surface area contributed by atoms with E-state index < -0.39 is 5.97 Å². The highest BCUT2D eigenvalue weighted by Gasteiger charge is 2.08. The first kappa shape index (κ1) is 13.9. The van der Waals surface area contributed by atoms with Gasteiger partial charge in [-0.3, -0.25) is 4.90 Å². The molecular formula is C12H21NO2. The molecule has 86 valence electrons. The third-order valence-corrected chi connectivity index (χ3v) is 1.96. The number of nitrogens with one attached hydrogen (secondary N) is 1. The number of quaternary nitrogens is 1. The summed E-state index contributed by atoms with van der Waals surface area (Å²) in [4.78, 5) is 10.4. The molecule has 1 N–H and O–H groups in total. The zero-order chi connectivity index (χ0) is 11.7. The minimum Gasteiger partial charge on any atom is -0.550 e. The van der Waals surface area contributed by atoms with Crippen LogP contribution in [0.5, 0.6) is 0 Å². The van der Waals surface area contributed by atoms with Gasteiger partial charge in [-0.2, -0.15) is 0 Å². The second-order valence-electron chi connectivity index (χ2n) is 3.62. The fourth-order valence-corrected chi connectivity index (χ4v) is 1.44. The topological polar surface area (TPSA) is 44.6 Å². The standard InChI is InChI=1S/C10H17N.C2H4O2/c1-3-5-10-6-8-11(9-10)7-4-2;1-2(3)4/h6,8-9H,3-5,7H2,1-2H3;1H3,(H,3,4). The minimum atomic E-state index is -1.08. The van der Waals surface area contributed by atoms with Crippen molar-refractivity contribution < 1.29 is 14.8 Å². The second kappa shape index (κ2) is 8.24. The molecule has 0 aliphatic carbocycles. The number of aliphatic carboxylic acids is 1. The van der Waals surface area contributed by atoms with Gasteiger partial charge in [0.25, 0.3) is 0 Å². The molecule has 1 heterocycles. The van der Waals surface area contributed by atoms with Crippen LogP contribution in [0.15, 0.2) is 24.0 Å².